The van der Waals surface area contributed by atoms with Crippen LogP contribution in [0, 0.1) is 0 Å². The van der Waals surface area contributed by atoms with Crippen LogP contribution in [0.25, 0.3) is 21.2 Å². The normalized spacial score (nSPS) is 10.9. The maximum absolute atomic E-state index is 5.97. The molecule has 1 aromatic heterocycles. The maximum Gasteiger partial charge on any atom is 0.0421 e. The van der Waals surface area contributed by atoms with Crippen molar-refractivity contribution >= 4 is 27.1 Å². The molecule has 3 aromatic rings. The molecule has 0 radical (unpaired) electrons. The third kappa shape index (κ3) is 1.79. The summed E-state index contributed by atoms with van der Waals surface area (Å²) in [6, 6.07) is 15.0. The van der Waals surface area contributed by atoms with Gasteiger partial charge in [-0.05, 0) is 52.1 Å². The topological polar surface area (TPSA) is 26.0 Å². The SMILES string of the molecule is CCc1cc(-c2cccc3ccsc23)ccc1N. The lowest BCUT2D eigenvalue weighted by atomic mass is 10.00. The Morgan fingerprint density at radius 3 is 2.83 bits per heavy atom. The van der Waals surface area contributed by atoms with Crippen molar-refractivity contribution in [1.29, 1.82) is 0 Å². The monoisotopic (exact) mass is 253 g/mol. The van der Waals surface area contributed by atoms with E-state index in [0.29, 0.717) is 0 Å². The summed E-state index contributed by atoms with van der Waals surface area (Å²) >= 11 is 1.80. The molecule has 1 heterocycles. The van der Waals surface area contributed by atoms with Gasteiger partial charge < -0.3 is 5.73 Å². The first-order valence-electron chi connectivity index (χ1n) is 6.14. The minimum Gasteiger partial charge on any atom is -0.399 e. The highest BCUT2D eigenvalue weighted by Gasteiger charge is 2.06. The molecule has 0 unspecified atom stereocenters. The summed E-state index contributed by atoms with van der Waals surface area (Å²) < 4.78 is 1.35. The molecule has 0 saturated carbocycles. The Balaban J connectivity index is 2.23. The number of thiophene rings is 1. The number of aryl methyl sites for hydroxylation is 1. The van der Waals surface area contributed by atoms with E-state index in [4.69, 9.17) is 5.73 Å². The molecule has 2 heteroatoms. The van der Waals surface area contributed by atoms with Crippen molar-refractivity contribution in [3.8, 4) is 11.1 Å². The van der Waals surface area contributed by atoms with Gasteiger partial charge in [-0.25, -0.2) is 0 Å². The van der Waals surface area contributed by atoms with Gasteiger partial charge in [0.1, 0.15) is 0 Å². The van der Waals surface area contributed by atoms with Crippen LogP contribution in [0.3, 0.4) is 0 Å². The highest BCUT2D eigenvalue weighted by molar-refractivity contribution is 7.17. The number of benzene rings is 2. The first kappa shape index (κ1) is 11.3. The molecule has 0 atom stereocenters. The molecular weight excluding hydrogens is 238 g/mol. The number of nitrogens with two attached hydrogens (primary N) is 1. The van der Waals surface area contributed by atoms with Gasteiger partial charge in [-0.1, -0.05) is 31.2 Å². The van der Waals surface area contributed by atoms with Crippen LogP contribution in [-0.2, 0) is 6.42 Å². The zero-order valence-electron chi connectivity index (χ0n) is 10.3. The number of hydrogen-bond donors (Lipinski definition) is 1. The van der Waals surface area contributed by atoms with E-state index in [0.717, 1.165) is 12.1 Å². The summed E-state index contributed by atoms with van der Waals surface area (Å²) in [6.45, 7) is 2.14. The predicted molar refractivity (Wildman–Crippen MR) is 81.1 cm³/mol. The lowest BCUT2D eigenvalue weighted by Gasteiger charge is -2.08. The Morgan fingerprint density at radius 2 is 2.00 bits per heavy atom. The van der Waals surface area contributed by atoms with Gasteiger partial charge in [0.2, 0.25) is 0 Å². The molecular formula is C16H15NS. The molecule has 18 heavy (non-hydrogen) atoms. The van der Waals surface area contributed by atoms with Gasteiger partial charge >= 0.3 is 0 Å². The molecule has 0 bridgehead atoms. The second-order valence-electron chi connectivity index (χ2n) is 4.41. The van der Waals surface area contributed by atoms with Crippen LogP contribution < -0.4 is 5.73 Å². The van der Waals surface area contributed by atoms with E-state index < -0.39 is 0 Å². The van der Waals surface area contributed by atoms with Crippen LogP contribution in [0.1, 0.15) is 12.5 Å². The van der Waals surface area contributed by atoms with Crippen LogP contribution >= 0.6 is 11.3 Å². The Morgan fingerprint density at radius 1 is 1.11 bits per heavy atom. The quantitative estimate of drug-likeness (QED) is 0.657. The van der Waals surface area contributed by atoms with Crippen molar-refractivity contribution in [2.45, 2.75) is 13.3 Å². The Kier molecular flexibility index (Phi) is 2.80. The first-order chi connectivity index (χ1) is 8.79. The van der Waals surface area contributed by atoms with Gasteiger partial charge in [0, 0.05) is 10.4 Å². The number of hydrogen-bond acceptors (Lipinski definition) is 2. The Bertz CT molecular complexity index is 697. The molecule has 0 spiro atoms. The molecule has 0 fully saturated rings. The summed E-state index contributed by atoms with van der Waals surface area (Å²) in [4.78, 5) is 0. The van der Waals surface area contributed by atoms with Crippen molar-refractivity contribution in [2.75, 3.05) is 5.73 Å². The Hall–Kier alpha value is -1.80. The Labute approximate surface area is 111 Å². The molecule has 2 N–H and O–H groups in total. The fourth-order valence-electron chi connectivity index (χ4n) is 2.30. The predicted octanol–water partition coefficient (Wildman–Crippen LogP) is 4.71. The second kappa shape index (κ2) is 4.46. The molecule has 0 aliphatic heterocycles. The third-order valence-corrected chi connectivity index (χ3v) is 4.28. The minimum absolute atomic E-state index is 0.889. The first-order valence-corrected chi connectivity index (χ1v) is 7.02. The van der Waals surface area contributed by atoms with Gasteiger partial charge in [0.05, 0.1) is 0 Å². The van der Waals surface area contributed by atoms with E-state index in [1.165, 1.54) is 26.8 Å². The zero-order chi connectivity index (χ0) is 12.5. The highest BCUT2D eigenvalue weighted by Crippen LogP contribution is 2.33. The molecule has 90 valence electrons. The van der Waals surface area contributed by atoms with Gasteiger partial charge in [-0.15, -0.1) is 11.3 Å². The second-order valence-corrected chi connectivity index (χ2v) is 5.33. The average Bonchev–Trinajstić information content (AvgIpc) is 2.87. The van der Waals surface area contributed by atoms with E-state index in [9.17, 15) is 0 Å². The lowest BCUT2D eigenvalue weighted by Crippen LogP contribution is -1.93. The van der Waals surface area contributed by atoms with Crippen LogP contribution in [0.5, 0.6) is 0 Å². The number of fused-ring (bicyclic) bond motifs is 1. The minimum atomic E-state index is 0.889. The van der Waals surface area contributed by atoms with E-state index in [2.05, 4.69) is 48.7 Å². The van der Waals surface area contributed by atoms with Gasteiger partial charge in [-0.2, -0.15) is 0 Å². The largest absolute Gasteiger partial charge is 0.399 e. The fourth-order valence-corrected chi connectivity index (χ4v) is 3.24. The van der Waals surface area contributed by atoms with E-state index in [1.54, 1.807) is 11.3 Å². The highest BCUT2D eigenvalue weighted by atomic mass is 32.1. The average molecular weight is 253 g/mol. The van der Waals surface area contributed by atoms with Gasteiger partial charge in [0.15, 0.2) is 0 Å². The molecule has 0 aliphatic rings. The van der Waals surface area contributed by atoms with E-state index in [-0.39, 0.29) is 0 Å². The van der Waals surface area contributed by atoms with Crippen LogP contribution in [-0.4, -0.2) is 0 Å². The van der Waals surface area contributed by atoms with Crippen molar-refractivity contribution < 1.29 is 0 Å². The molecule has 0 amide bonds. The van der Waals surface area contributed by atoms with Gasteiger partial charge in [-0.3, -0.25) is 0 Å². The molecule has 1 nitrogen and oxygen atoms in total. The smallest absolute Gasteiger partial charge is 0.0421 e. The summed E-state index contributed by atoms with van der Waals surface area (Å²) in [6.07, 6.45) is 0.972. The molecule has 2 aromatic carbocycles. The number of nitrogen functional groups attached to an aromatic ring is 1. The molecule has 3 rings (SSSR count). The van der Waals surface area contributed by atoms with Gasteiger partial charge in [0.25, 0.3) is 0 Å². The summed E-state index contributed by atoms with van der Waals surface area (Å²) in [5.74, 6) is 0. The third-order valence-electron chi connectivity index (χ3n) is 3.31. The standard InChI is InChI=1S/C16H15NS/c1-2-11-10-13(6-7-15(11)17)14-5-3-4-12-8-9-18-16(12)14/h3-10H,2,17H2,1H3. The van der Waals surface area contributed by atoms with Crippen LogP contribution in [0.2, 0.25) is 0 Å². The van der Waals surface area contributed by atoms with Crippen LogP contribution in [0.15, 0.2) is 47.8 Å². The fraction of sp³-hybridized carbons (Fsp3) is 0.125. The summed E-state index contributed by atoms with van der Waals surface area (Å²) in [5.41, 5.74) is 10.6. The van der Waals surface area contributed by atoms with E-state index >= 15 is 0 Å². The van der Waals surface area contributed by atoms with Crippen molar-refractivity contribution in [3.63, 3.8) is 0 Å². The van der Waals surface area contributed by atoms with Crippen molar-refractivity contribution in [3.05, 3.63) is 53.4 Å². The van der Waals surface area contributed by atoms with E-state index in [1.807, 2.05) is 6.07 Å². The number of rotatable bonds is 2. The zero-order valence-corrected chi connectivity index (χ0v) is 11.1. The summed E-state index contributed by atoms with van der Waals surface area (Å²) in [5, 5.41) is 3.46. The van der Waals surface area contributed by atoms with Crippen molar-refractivity contribution in [2.24, 2.45) is 0 Å². The lowest BCUT2D eigenvalue weighted by molar-refractivity contribution is 1.15. The summed E-state index contributed by atoms with van der Waals surface area (Å²) in [7, 11) is 0. The molecule has 0 aliphatic carbocycles. The molecule has 0 saturated heterocycles. The van der Waals surface area contributed by atoms with Crippen molar-refractivity contribution in [1.82, 2.24) is 0 Å². The van der Waals surface area contributed by atoms with Crippen LogP contribution in [0.4, 0.5) is 5.69 Å². The maximum atomic E-state index is 5.97. The number of anilines is 1.